The fourth-order valence-electron chi connectivity index (χ4n) is 4.82. The van der Waals surface area contributed by atoms with Crippen LogP contribution in [0.25, 0.3) is 0 Å². The van der Waals surface area contributed by atoms with Gasteiger partial charge in [-0.2, -0.15) is 0 Å². The first-order valence-electron chi connectivity index (χ1n) is 9.53. The second-order valence-electron chi connectivity index (χ2n) is 8.68. The number of rotatable bonds is 4. The number of likely N-dealkylation sites (tertiary alicyclic amines) is 2. The Hall–Kier alpha value is -1.14. The van der Waals surface area contributed by atoms with Crippen LogP contribution in [0.5, 0.6) is 0 Å². The van der Waals surface area contributed by atoms with E-state index in [0.717, 1.165) is 74.6 Å². The van der Waals surface area contributed by atoms with Gasteiger partial charge in [-0.05, 0) is 36.5 Å². The lowest BCUT2D eigenvalue weighted by atomic mass is 9.92. The van der Waals surface area contributed by atoms with Crippen LogP contribution in [-0.2, 0) is 13.1 Å². The van der Waals surface area contributed by atoms with E-state index in [1.165, 1.54) is 12.8 Å². The summed E-state index contributed by atoms with van der Waals surface area (Å²) in [5.74, 6) is 11.1. The molecule has 3 heterocycles. The Labute approximate surface area is 146 Å². The lowest BCUT2D eigenvalue weighted by Crippen LogP contribution is -2.40. The molecule has 6 heteroatoms. The topological polar surface area (TPSA) is 63.2 Å². The van der Waals surface area contributed by atoms with Gasteiger partial charge in [-0.3, -0.25) is 9.80 Å². The average Bonchev–Trinajstić information content (AvgIpc) is 2.78. The first kappa shape index (κ1) is 17.7. The molecule has 6 nitrogen and oxygen atoms in total. The van der Waals surface area contributed by atoms with Gasteiger partial charge in [-0.25, -0.2) is 4.68 Å². The van der Waals surface area contributed by atoms with Crippen molar-refractivity contribution >= 4 is 0 Å². The van der Waals surface area contributed by atoms with Crippen LogP contribution in [0.15, 0.2) is 0 Å². The molecule has 2 aliphatic rings. The zero-order chi connectivity index (χ0) is 17.3. The van der Waals surface area contributed by atoms with Crippen LogP contribution in [0.2, 0.25) is 0 Å². The molecule has 24 heavy (non-hydrogen) atoms. The Morgan fingerprint density at radius 3 is 1.42 bits per heavy atom. The summed E-state index contributed by atoms with van der Waals surface area (Å²) in [6.07, 6.45) is 2.64. The van der Waals surface area contributed by atoms with Crippen LogP contribution in [0.3, 0.4) is 0 Å². The SMILES string of the molecule is C[C@@H]1C[C@@H](C)CN(Cc2nnc(CN3C[C@H](C)C[C@@H](C)C3)n2N)C1. The van der Waals surface area contributed by atoms with Crippen LogP contribution in [-0.4, -0.2) is 50.9 Å². The maximum atomic E-state index is 6.31. The molecular weight excluding hydrogens is 300 g/mol. The van der Waals surface area contributed by atoms with Gasteiger partial charge >= 0.3 is 0 Å². The Balaban J connectivity index is 1.61. The Bertz CT molecular complexity index is 476. The molecule has 2 aliphatic heterocycles. The number of nitrogens with zero attached hydrogens (tertiary/aromatic N) is 5. The van der Waals surface area contributed by atoms with Gasteiger partial charge in [0.05, 0.1) is 13.1 Å². The number of nitrogens with two attached hydrogens (primary N) is 1. The van der Waals surface area contributed by atoms with Gasteiger partial charge in [-0.1, -0.05) is 27.7 Å². The molecule has 2 fully saturated rings. The van der Waals surface area contributed by atoms with E-state index < -0.39 is 0 Å². The molecule has 1 aromatic heterocycles. The van der Waals surface area contributed by atoms with E-state index in [1.807, 2.05) is 0 Å². The van der Waals surface area contributed by atoms with Crippen molar-refractivity contribution in [3.63, 3.8) is 0 Å². The van der Waals surface area contributed by atoms with Crippen LogP contribution >= 0.6 is 0 Å². The number of nitrogen functional groups attached to an aromatic ring is 1. The minimum atomic E-state index is 0.749. The Morgan fingerprint density at radius 1 is 0.750 bits per heavy atom. The second kappa shape index (κ2) is 7.40. The molecule has 1 aromatic rings. The molecule has 0 saturated carbocycles. The Morgan fingerprint density at radius 2 is 1.08 bits per heavy atom. The standard InChI is InChI=1S/C18H34N6/c1-13-5-14(2)8-22(7-13)11-17-20-21-18(24(17)19)12-23-9-15(3)6-16(4)10-23/h13-16H,5-12,19H2,1-4H3/t13-,14-,15-,16-/m1/s1. The van der Waals surface area contributed by atoms with E-state index in [-0.39, 0.29) is 0 Å². The van der Waals surface area contributed by atoms with Crippen molar-refractivity contribution in [1.29, 1.82) is 0 Å². The van der Waals surface area contributed by atoms with E-state index >= 15 is 0 Å². The summed E-state index contributed by atoms with van der Waals surface area (Å²) in [4.78, 5) is 4.95. The van der Waals surface area contributed by atoms with Crippen LogP contribution < -0.4 is 5.84 Å². The fraction of sp³-hybridized carbons (Fsp3) is 0.889. The van der Waals surface area contributed by atoms with E-state index in [0.29, 0.717) is 0 Å². The molecule has 0 aromatic carbocycles. The first-order chi connectivity index (χ1) is 11.4. The number of hydrogen-bond donors (Lipinski definition) is 1. The van der Waals surface area contributed by atoms with E-state index in [1.54, 1.807) is 4.68 Å². The largest absolute Gasteiger partial charge is 0.336 e. The van der Waals surface area contributed by atoms with Crippen molar-refractivity contribution in [3.05, 3.63) is 11.6 Å². The summed E-state index contributed by atoms with van der Waals surface area (Å²) in [6.45, 7) is 15.5. The van der Waals surface area contributed by atoms with Gasteiger partial charge in [0.2, 0.25) is 0 Å². The van der Waals surface area contributed by atoms with Gasteiger partial charge in [0, 0.05) is 26.2 Å². The highest BCUT2D eigenvalue weighted by Gasteiger charge is 2.26. The van der Waals surface area contributed by atoms with Gasteiger partial charge in [0.1, 0.15) is 0 Å². The van der Waals surface area contributed by atoms with Crippen molar-refractivity contribution < 1.29 is 0 Å². The quantitative estimate of drug-likeness (QED) is 0.853. The summed E-state index contributed by atoms with van der Waals surface area (Å²) in [5, 5.41) is 8.77. The maximum Gasteiger partial charge on any atom is 0.165 e. The smallest absolute Gasteiger partial charge is 0.165 e. The molecule has 4 atom stereocenters. The van der Waals surface area contributed by atoms with Crippen molar-refractivity contribution in [1.82, 2.24) is 24.7 Å². The molecule has 0 radical (unpaired) electrons. The molecule has 0 bridgehead atoms. The van der Waals surface area contributed by atoms with Crippen LogP contribution in [0.1, 0.15) is 52.2 Å². The zero-order valence-corrected chi connectivity index (χ0v) is 15.8. The van der Waals surface area contributed by atoms with Gasteiger partial charge in [-0.15, -0.1) is 10.2 Å². The third-order valence-corrected chi connectivity index (χ3v) is 5.46. The minimum Gasteiger partial charge on any atom is -0.336 e. The maximum absolute atomic E-state index is 6.31. The van der Waals surface area contributed by atoms with Crippen molar-refractivity contribution in [2.75, 3.05) is 32.0 Å². The molecule has 136 valence electrons. The molecule has 2 N–H and O–H groups in total. The molecule has 0 amide bonds. The van der Waals surface area contributed by atoms with E-state index in [9.17, 15) is 0 Å². The van der Waals surface area contributed by atoms with Crippen molar-refractivity contribution in [3.8, 4) is 0 Å². The number of aromatic nitrogens is 3. The summed E-state index contributed by atoms with van der Waals surface area (Å²) in [6, 6.07) is 0. The zero-order valence-electron chi connectivity index (χ0n) is 15.8. The third-order valence-electron chi connectivity index (χ3n) is 5.46. The summed E-state index contributed by atoms with van der Waals surface area (Å²) >= 11 is 0. The average molecular weight is 335 g/mol. The molecule has 0 aliphatic carbocycles. The molecule has 2 saturated heterocycles. The molecule has 3 rings (SSSR count). The van der Waals surface area contributed by atoms with E-state index in [2.05, 4.69) is 47.7 Å². The number of piperidine rings is 2. The highest BCUT2D eigenvalue weighted by atomic mass is 15.4. The molecule has 0 spiro atoms. The van der Waals surface area contributed by atoms with Gasteiger partial charge < -0.3 is 5.84 Å². The predicted molar refractivity (Wildman–Crippen MR) is 96.6 cm³/mol. The normalized spacial score (nSPS) is 33.0. The Kier molecular flexibility index (Phi) is 5.45. The monoisotopic (exact) mass is 334 g/mol. The second-order valence-corrected chi connectivity index (χ2v) is 8.68. The van der Waals surface area contributed by atoms with Gasteiger partial charge in [0.25, 0.3) is 0 Å². The number of hydrogen-bond acceptors (Lipinski definition) is 5. The van der Waals surface area contributed by atoms with Crippen LogP contribution in [0.4, 0.5) is 0 Å². The predicted octanol–water partition coefficient (Wildman–Crippen LogP) is 1.95. The summed E-state index contributed by atoms with van der Waals surface area (Å²) in [7, 11) is 0. The van der Waals surface area contributed by atoms with Crippen molar-refractivity contribution in [2.45, 2.75) is 53.6 Å². The first-order valence-corrected chi connectivity index (χ1v) is 9.53. The minimum absolute atomic E-state index is 0.749. The highest BCUT2D eigenvalue weighted by molar-refractivity contribution is 4.97. The molecule has 0 unspecified atom stereocenters. The molecular formula is C18H34N6. The summed E-state index contributed by atoms with van der Waals surface area (Å²) < 4.78 is 1.73. The summed E-state index contributed by atoms with van der Waals surface area (Å²) in [5.41, 5.74) is 0. The third kappa shape index (κ3) is 4.28. The van der Waals surface area contributed by atoms with Gasteiger partial charge in [0.15, 0.2) is 11.6 Å². The fourth-order valence-corrected chi connectivity index (χ4v) is 4.82. The highest BCUT2D eigenvalue weighted by Crippen LogP contribution is 2.23. The lowest BCUT2D eigenvalue weighted by molar-refractivity contribution is 0.127. The lowest BCUT2D eigenvalue weighted by Gasteiger charge is -2.35. The van der Waals surface area contributed by atoms with Crippen LogP contribution in [0, 0.1) is 23.7 Å². The van der Waals surface area contributed by atoms with E-state index in [4.69, 9.17) is 5.84 Å². The van der Waals surface area contributed by atoms with Crippen molar-refractivity contribution in [2.24, 2.45) is 23.7 Å².